The summed E-state index contributed by atoms with van der Waals surface area (Å²) in [5, 5.41) is 3.09. The van der Waals surface area contributed by atoms with Crippen molar-refractivity contribution in [3.63, 3.8) is 0 Å². The van der Waals surface area contributed by atoms with Crippen LogP contribution in [0.3, 0.4) is 0 Å². The molecule has 0 aliphatic carbocycles. The highest BCUT2D eigenvalue weighted by atomic mass is 32.1. The normalized spacial score (nSPS) is 15.8. The molecule has 2 aromatic rings. The Morgan fingerprint density at radius 1 is 1.26 bits per heavy atom. The molecule has 0 bridgehead atoms. The Kier molecular flexibility index (Phi) is 5.41. The summed E-state index contributed by atoms with van der Waals surface area (Å²) < 4.78 is 0. The third-order valence-corrected chi connectivity index (χ3v) is 5.33. The summed E-state index contributed by atoms with van der Waals surface area (Å²) >= 11 is 1.64. The smallest absolute Gasteiger partial charge is 0.228 e. The molecule has 1 aliphatic heterocycles. The van der Waals surface area contributed by atoms with E-state index < -0.39 is 0 Å². The first-order chi connectivity index (χ1) is 11.2. The van der Waals surface area contributed by atoms with Crippen molar-refractivity contribution in [1.29, 1.82) is 0 Å². The first-order valence-corrected chi connectivity index (χ1v) is 9.07. The maximum Gasteiger partial charge on any atom is 0.228 e. The van der Waals surface area contributed by atoms with Crippen LogP contribution in [0.25, 0.3) is 0 Å². The van der Waals surface area contributed by atoms with Crippen molar-refractivity contribution in [2.24, 2.45) is 11.7 Å². The van der Waals surface area contributed by atoms with Crippen LogP contribution >= 0.6 is 11.3 Å². The van der Waals surface area contributed by atoms with E-state index in [1.54, 1.807) is 11.3 Å². The van der Waals surface area contributed by atoms with Crippen LogP contribution in [0.1, 0.15) is 29.1 Å². The summed E-state index contributed by atoms with van der Waals surface area (Å²) in [6.45, 7) is 2.40. The van der Waals surface area contributed by atoms with E-state index in [0.29, 0.717) is 12.3 Å². The molecule has 4 nitrogen and oxygen atoms in total. The highest BCUT2D eigenvalue weighted by Crippen LogP contribution is 2.18. The Labute approximate surface area is 141 Å². The van der Waals surface area contributed by atoms with E-state index in [0.717, 1.165) is 49.6 Å². The minimum absolute atomic E-state index is 0.192. The molecule has 1 aromatic heterocycles. The molecule has 122 valence electrons. The van der Waals surface area contributed by atoms with Crippen LogP contribution in [-0.4, -0.2) is 35.4 Å². The number of rotatable bonds is 5. The predicted molar refractivity (Wildman–Crippen MR) is 93.4 cm³/mol. The molecule has 2 N–H and O–H groups in total. The zero-order chi connectivity index (χ0) is 16.1. The lowest BCUT2D eigenvalue weighted by Gasteiger charge is -2.31. The molecule has 0 atom stereocenters. The van der Waals surface area contributed by atoms with Gasteiger partial charge in [0.05, 0.1) is 17.1 Å². The minimum atomic E-state index is 0.192. The molecule has 1 fully saturated rings. The number of thiazole rings is 1. The summed E-state index contributed by atoms with van der Waals surface area (Å²) in [5.41, 5.74) is 7.85. The number of benzene rings is 1. The Hall–Kier alpha value is -1.72. The van der Waals surface area contributed by atoms with Gasteiger partial charge in [-0.25, -0.2) is 4.98 Å². The Bertz CT molecular complexity index is 633. The molecule has 1 amide bonds. The van der Waals surface area contributed by atoms with E-state index in [4.69, 9.17) is 5.73 Å². The standard InChI is InChI=1S/C18H23N3OS/c19-12-15-6-8-21(9-7-15)18(22)11-16-13-23-17(20-16)10-14-4-2-1-3-5-14/h1-5,13,15H,6-12,19H2. The van der Waals surface area contributed by atoms with Gasteiger partial charge in [-0.05, 0) is 30.9 Å². The number of likely N-dealkylation sites (tertiary alicyclic amines) is 1. The van der Waals surface area contributed by atoms with Gasteiger partial charge in [-0.3, -0.25) is 4.79 Å². The first kappa shape index (κ1) is 16.1. The molecule has 0 radical (unpaired) electrons. The van der Waals surface area contributed by atoms with Crippen LogP contribution in [0.2, 0.25) is 0 Å². The number of nitrogens with two attached hydrogens (primary N) is 1. The number of carbonyl (C=O) groups is 1. The summed E-state index contributed by atoms with van der Waals surface area (Å²) in [5.74, 6) is 0.771. The van der Waals surface area contributed by atoms with Crippen LogP contribution in [-0.2, 0) is 17.6 Å². The fraction of sp³-hybridized carbons (Fsp3) is 0.444. The Balaban J connectivity index is 1.53. The van der Waals surface area contributed by atoms with Gasteiger partial charge in [0.25, 0.3) is 0 Å². The second-order valence-electron chi connectivity index (χ2n) is 6.13. The van der Waals surface area contributed by atoms with Crippen molar-refractivity contribution in [3.8, 4) is 0 Å². The monoisotopic (exact) mass is 329 g/mol. The van der Waals surface area contributed by atoms with Crippen molar-refractivity contribution in [2.45, 2.75) is 25.7 Å². The summed E-state index contributed by atoms with van der Waals surface area (Å²) in [6.07, 6.45) is 3.30. The van der Waals surface area contributed by atoms with E-state index >= 15 is 0 Å². The van der Waals surface area contributed by atoms with Gasteiger partial charge in [0.15, 0.2) is 0 Å². The van der Waals surface area contributed by atoms with E-state index in [2.05, 4.69) is 17.1 Å². The Morgan fingerprint density at radius 3 is 2.70 bits per heavy atom. The largest absolute Gasteiger partial charge is 0.342 e. The van der Waals surface area contributed by atoms with Gasteiger partial charge in [0, 0.05) is 24.9 Å². The SMILES string of the molecule is NCC1CCN(C(=O)Cc2csc(Cc3ccccc3)n2)CC1. The molecule has 0 saturated carbocycles. The molecule has 0 unspecified atom stereocenters. The number of hydrogen-bond donors (Lipinski definition) is 1. The topological polar surface area (TPSA) is 59.2 Å². The lowest BCUT2D eigenvalue weighted by molar-refractivity contribution is -0.131. The number of hydrogen-bond acceptors (Lipinski definition) is 4. The number of aromatic nitrogens is 1. The number of nitrogens with zero attached hydrogens (tertiary/aromatic N) is 2. The van der Waals surface area contributed by atoms with Gasteiger partial charge in [0.2, 0.25) is 5.91 Å². The van der Waals surface area contributed by atoms with Gasteiger partial charge >= 0.3 is 0 Å². The van der Waals surface area contributed by atoms with Gasteiger partial charge < -0.3 is 10.6 Å². The van der Waals surface area contributed by atoms with Crippen LogP contribution in [0, 0.1) is 5.92 Å². The summed E-state index contributed by atoms with van der Waals surface area (Å²) in [6, 6.07) is 10.3. The third kappa shape index (κ3) is 4.39. The Morgan fingerprint density at radius 2 is 2.00 bits per heavy atom. The highest BCUT2D eigenvalue weighted by Gasteiger charge is 2.22. The van der Waals surface area contributed by atoms with Crippen LogP contribution in [0.4, 0.5) is 0 Å². The maximum absolute atomic E-state index is 12.4. The van der Waals surface area contributed by atoms with Crippen molar-refractivity contribution in [2.75, 3.05) is 19.6 Å². The average molecular weight is 329 g/mol. The molecule has 2 heterocycles. The first-order valence-electron chi connectivity index (χ1n) is 8.19. The lowest BCUT2D eigenvalue weighted by atomic mass is 9.97. The van der Waals surface area contributed by atoms with Crippen LogP contribution in [0.5, 0.6) is 0 Å². The molecule has 1 aromatic carbocycles. The summed E-state index contributed by atoms with van der Waals surface area (Å²) in [4.78, 5) is 19.0. The van der Waals surface area contributed by atoms with Crippen molar-refractivity contribution in [3.05, 3.63) is 52.0 Å². The summed E-state index contributed by atoms with van der Waals surface area (Å²) in [7, 11) is 0. The van der Waals surface area contributed by atoms with Crippen LogP contribution < -0.4 is 5.73 Å². The molecule has 0 spiro atoms. The van der Waals surface area contributed by atoms with Gasteiger partial charge in [0.1, 0.15) is 0 Å². The van der Waals surface area contributed by atoms with Crippen molar-refractivity contribution in [1.82, 2.24) is 9.88 Å². The molecule has 23 heavy (non-hydrogen) atoms. The minimum Gasteiger partial charge on any atom is -0.342 e. The zero-order valence-corrected chi connectivity index (χ0v) is 14.1. The fourth-order valence-corrected chi connectivity index (χ4v) is 3.79. The number of amides is 1. The second kappa shape index (κ2) is 7.70. The maximum atomic E-state index is 12.4. The fourth-order valence-electron chi connectivity index (χ4n) is 2.97. The van der Waals surface area contributed by atoms with E-state index in [-0.39, 0.29) is 5.91 Å². The predicted octanol–water partition coefficient (Wildman–Crippen LogP) is 2.47. The number of piperidine rings is 1. The van der Waals surface area contributed by atoms with Crippen molar-refractivity contribution < 1.29 is 4.79 Å². The molecule has 1 saturated heterocycles. The molecule has 3 rings (SSSR count). The van der Waals surface area contributed by atoms with Gasteiger partial charge in [-0.15, -0.1) is 11.3 Å². The quantitative estimate of drug-likeness (QED) is 0.917. The van der Waals surface area contributed by atoms with Gasteiger partial charge in [-0.1, -0.05) is 30.3 Å². The highest BCUT2D eigenvalue weighted by molar-refractivity contribution is 7.09. The zero-order valence-electron chi connectivity index (χ0n) is 13.3. The van der Waals surface area contributed by atoms with Crippen molar-refractivity contribution >= 4 is 17.2 Å². The van der Waals surface area contributed by atoms with E-state index in [9.17, 15) is 4.79 Å². The molecule has 5 heteroatoms. The average Bonchev–Trinajstić information content (AvgIpc) is 3.02. The van der Waals surface area contributed by atoms with Crippen LogP contribution in [0.15, 0.2) is 35.7 Å². The second-order valence-corrected chi connectivity index (χ2v) is 7.07. The molecular formula is C18H23N3OS. The third-order valence-electron chi connectivity index (χ3n) is 4.43. The van der Waals surface area contributed by atoms with E-state index in [1.807, 2.05) is 28.5 Å². The lowest BCUT2D eigenvalue weighted by Crippen LogP contribution is -2.40. The molecular weight excluding hydrogens is 306 g/mol. The van der Waals surface area contributed by atoms with E-state index in [1.165, 1.54) is 5.56 Å². The molecule has 1 aliphatic rings. The van der Waals surface area contributed by atoms with Gasteiger partial charge in [-0.2, -0.15) is 0 Å². The number of carbonyl (C=O) groups excluding carboxylic acids is 1.